The van der Waals surface area contributed by atoms with Crippen LogP contribution in [0.3, 0.4) is 0 Å². The predicted molar refractivity (Wildman–Crippen MR) is 83.4 cm³/mol. The summed E-state index contributed by atoms with van der Waals surface area (Å²) in [6.45, 7) is 3.35. The zero-order valence-electron chi connectivity index (χ0n) is 13.0. The topological polar surface area (TPSA) is 96.3 Å². The number of aromatic nitrogens is 1. The normalized spacial score (nSPS) is 17.3. The van der Waals surface area contributed by atoms with E-state index in [1.165, 1.54) is 30.5 Å². The zero-order chi connectivity index (χ0) is 17.3. The summed E-state index contributed by atoms with van der Waals surface area (Å²) in [4.78, 5) is 24.5. The maximum absolute atomic E-state index is 13.0. The Morgan fingerprint density at radius 2 is 2.00 bits per heavy atom. The number of amides is 3. The highest BCUT2D eigenvalue weighted by Gasteiger charge is 2.33. The predicted octanol–water partition coefficient (Wildman–Crippen LogP) is 2.39. The Morgan fingerprint density at radius 1 is 1.29 bits per heavy atom. The highest BCUT2D eigenvalue weighted by Crippen LogP contribution is 2.29. The van der Waals surface area contributed by atoms with Crippen LogP contribution in [0.15, 0.2) is 46.3 Å². The quantitative estimate of drug-likeness (QED) is 0.805. The number of anilines is 1. The maximum Gasteiger partial charge on any atom is 0.319 e. The summed E-state index contributed by atoms with van der Waals surface area (Å²) in [6, 6.07) is 4.30. The number of carbonyl (C=O) groups is 2. The van der Waals surface area contributed by atoms with Crippen LogP contribution in [0.25, 0.3) is 0 Å². The van der Waals surface area contributed by atoms with Crippen molar-refractivity contribution in [2.75, 3.05) is 5.32 Å². The molecule has 3 N–H and O–H groups in total. The number of allylic oxidation sites excluding steroid dienone is 1. The van der Waals surface area contributed by atoms with Crippen molar-refractivity contribution in [1.82, 2.24) is 15.8 Å². The largest absolute Gasteiger partial charge is 0.364 e. The van der Waals surface area contributed by atoms with E-state index in [1.54, 1.807) is 13.8 Å². The van der Waals surface area contributed by atoms with Crippen LogP contribution in [0.1, 0.15) is 24.2 Å². The molecule has 0 saturated carbocycles. The first-order valence-electron chi connectivity index (χ1n) is 7.22. The summed E-state index contributed by atoms with van der Waals surface area (Å²) >= 11 is 0. The van der Waals surface area contributed by atoms with Crippen LogP contribution in [0, 0.1) is 12.7 Å². The fraction of sp³-hybridized carbons (Fsp3) is 0.188. The fourth-order valence-corrected chi connectivity index (χ4v) is 2.54. The summed E-state index contributed by atoms with van der Waals surface area (Å²) in [7, 11) is 0. The average Bonchev–Trinajstić information content (AvgIpc) is 2.94. The van der Waals surface area contributed by atoms with Gasteiger partial charge in [-0.2, -0.15) is 0 Å². The van der Waals surface area contributed by atoms with E-state index in [2.05, 4.69) is 21.1 Å². The number of urea groups is 1. The molecule has 2 aromatic rings. The molecule has 1 unspecified atom stereocenters. The van der Waals surface area contributed by atoms with Crippen LogP contribution in [0.2, 0.25) is 0 Å². The molecule has 1 aromatic carbocycles. The zero-order valence-corrected chi connectivity index (χ0v) is 13.0. The van der Waals surface area contributed by atoms with Crippen molar-refractivity contribution >= 4 is 17.6 Å². The molecule has 3 rings (SSSR count). The van der Waals surface area contributed by atoms with Gasteiger partial charge in [-0.25, -0.2) is 9.18 Å². The van der Waals surface area contributed by atoms with Gasteiger partial charge in [-0.3, -0.25) is 4.79 Å². The molecule has 0 bridgehead atoms. The minimum Gasteiger partial charge on any atom is -0.364 e. The van der Waals surface area contributed by atoms with Crippen LogP contribution in [0.4, 0.5) is 14.9 Å². The Labute approximate surface area is 136 Å². The number of rotatable bonds is 3. The van der Waals surface area contributed by atoms with Crippen molar-refractivity contribution in [3.05, 3.63) is 58.9 Å². The second-order valence-corrected chi connectivity index (χ2v) is 5.39. The summed E-state index contributed by atoms with van der Waals surface area (Å²) in [5, 5.41) is 11.7. The van der Waals surface area contributed by atoms with Crippen molar-refractivity contribution in [2.45, 2.75) is 19.9 Å². The molecule has 0 spiro atoms. The van der Waals surface area contributed by atoms with Crippen LogP contribution < -0.4 is 16.0 Å². The van der Waals surface area contributed by atoms with E-state index in [0.29, 0.717) is 28.2 Å². The summed E-state index contributed by atoms with van der Waals surface area (Å²) < 4.78 is 17.9. The van der Waals surface area contributed by atoms with Crippen molar-refractivity contribution in [1.29, 1.82) is 0 Å². The molecular formula is C16H15FN4O3. The minimum atomic E-state index is -0.689. The van der Waals surface area contributed by atoms with Crippen molar-refractivity contribution < 1.29 is 18.5 Å². The lowest BCUT2D eigenvalue weighted by Crippen LogP contribution is -2.46. The van der Waals surface area contributed by atoms with Crippen molar-refractivity contribution in [3.63, 3.8) is 0 Å². The molecule has 124 valence electrons. The monoisotopic (exact) mass is 330 g/mol. The first-order valence-corrected chi connectivity index (χ1v) is 7.22. The van der Waals surface area contributed by atoms with Crippen LogP contribution in [0.5, 0.6) is 0 Å². The number of benzene rings is 1. The van der Waals surface area contributed by atoms with Gasteiger partial charge in [-0.15, -0.1) is 0 Å². The Balaban J connectivity index is 1.93. The molecule has 3 amide bonds. The first kappa shape index (κ1) is 15.7. The molecule has 0 saturated heterocycles. The molecule has 0 fully saturated rings. The Kier molecular flexibility index (Phi) is 4.03. The highest BCUT2D eigenvalue weighted by molar-refractivity contribution is 6.06. The van der Waals surface area contributed by atoms with Gasteiger partial charge in [0.1, 0.15) is 12.1 Å². The SMILES string of the molecule is CC1=C(C(=O)Nc2ccc(F)cc2)C(c2conc2C)NC(=O)N1. The average molecular weight is 330 g/mol. The third-order valence-electron chi connectivity index (χ3n) is 3.71. The Morgan fingerprint density at radius 3 is 2.62 bits per heavy atom. The number of carbonyl (C=O) groups excluding carboxylic acids is 2. The fourth-order valence-electron chi connectivity index (χ4n) is 2.54. The summed E-state index contributed by atoms with van der Waals surface area (Å²) in [5.74, 6) is -0.815. The van der Waals surface area contributed by atoms with E-state index in [4.69, 9.17) is 4.52 Å². The molecule has 1 atom stereocenters. The number of aryl methyl sites for hydroxylation is 1. The number of halogens is 1. The van der Waals surface area contributed by atoms with Gasteiger partial charge in [0.2, 0.25) is 0 Å². The smallest absolute Gasteiger partial charge is 0.319 e. The second-order valence-electron chi connectivity index (χ2n) is 5.39. The van der Waals surface area contributed by atoms with Crippen LogP contribution in [-0.4, -0.2) is 17.1 Å². The molecule has 2 heterocycles. The van der Waals surface area contributed by atoms with Gasteiger partial charge in [-0.05, 0) is 38.1 Å². The molecule has 8 heteroatoms. The van der Waals surface area contributed by atoms with E-state index in [-0.39, 0.29) is 0 Å². The standard InChI is InChI=1S/C16H15FN4O3/c1-8-12(7-24-21-8)14-13(9(2)18-16(23)20-14)15(22)19-11-5-3-10(17)4-6-11/h3-7,14H,1-2H3,(H,19,22)(H2,18,20,23). The highest BCUT2D eigenvalue weighted by atomic mass is 19.1. The number of nitrogens with zero attached hydrogens (tertiary/aromatic N) is 1. The van der Waals surface area contributed by atoms with Gasteiger partial charge in [0.05, 0.1) is 17.3 Å². The molecular weight excluding hydrogens is 315 g/mol. The summed E-state index contributed by atoms with van der Waals surface area (Å²) in [6.07, 6.45) is 1.39. The molecule has 0 radical (unpaired) electrons. The molecule has 1 aliphatic heterocycles. The lowest BCUT2D eigenvalue weighted by molar-refractivity contribution is -0.113. The first-order chi connectivity index (χ1) is 11.5. The molecule has 1 aliphatic rings. The van der Waals surface area contributed by atoms with Crippen molar-refractivity contribution in [2.24, 2.45) is 0 Å². The van der Waals surface area contributed by atoms with E-state index in [1.807, 2.05) is 0 Å². The van der Waals surface area contributed by atoms with Gasteiger partial charge in [-0.1, -0.05) is 5.16 Å². The van der Waals surface area contributed by atoms with Gasteiger partial charge in [0.15, 0.2) is 0 Å². The third kappa shape index (κ3) is 2.98. The van der Waals surface area contributed by atoms with E-state index >= 15 is 0 Å². The Hall–Kier alpha value is -3.16. The van der Waals surface area contributed by atoms with E-state index in [0.717, 1.165) is 0 Å². The summed E-state index contributed by atoms with van der Waals surface area (Å²) in [5.41, 5.74) is 2.35. The van der Waals surface area contributed by atoms with Gasteiger partial charge >= 0.3 is 6.03 Å². The van der Waals surface area contributed by atoms with E-state index in [9.17, 15) is 14.0 Å². The van der Waals surface area contributed by atoms with Crippen LogP contribution in [-0.2, 0) is 4.79 Å². The van der Waals surface area contributed by atoms with Gasteiger partial charge in [0.25, 0.3) is 5.91 Å². The van der Waals surface area contributed by atoms with Crippen LogP contribution >= 0.6 is 0 Å². The molecule has 7 nitrogen and oxygen atoms in total. The van der Waals surface area contributed by atoms with Crippen molar-refractivity contribution in [3.8, 4) is 0 Å². The second kappa shape index (κ2) is 6.15. The molecule has 1 aromatic heterocycles. The lowest BCUT2D eigenvalue weighted by atomic mass is 9.95. The number of nitrogens with one attached hydrogen (secondary N) is 3. The van der Waals surface area contributed by atoms with E-state index < -0.39 is 23.8 Å². The minimum absolute atomic E-state index is 0.324. The lowest BCUT2D eigenvalue weighted by Gasteiger charge is -2.27. The third-order valence-corrected chi connectivity index (χ3v) is 3.71. The maximum atomic E-state index is 13.0. The number of hydrogen-bond donors (Lipinski definition) is 3. The Bertz CT molecular complexity index is 826. The van der Waals surface area contributed by atoms with Gasteiger partial charge < -0.3 is 20.5 Å². The molecule has 0 aliphatic carbocycles. The van der Waals surface area contributed by atoms with Gasteiger partial charge in [0, 0.05) is 16.9 Å². The number of hydrogen-bond acceptors (Lipinski definition) is 4. The molecule has 24 heavy (non-hydrogen) atoms.